The predicted molar refractivity (Wildman–Crippen MR) is 142 cm³/mol. The normalized spacial score (nSPS) is 45.3. The van der Waals surface area contributed by atoms with Gasteiger partial charge in [0.15, 0.2) is 6.29 Å². The quantitative estimate of drug-likeness (QED) is 0.346. The highest BCUT2D eigenvalue weighted by Gasteiger charge is 2.59. The van der Waals surface area contributed by atoms with Crippen molar-refractivity contribution in [2.75, 3.05) is 6.61 Å². The molecule has 5 unspecified atom stereocenters. The molecule has 0 spiro atoms. The lowest BCUT2D eigenvalue weighted by Gasteiger charge is -2.58. The van der Waals surface area contributed by atoms with Crippen molar-refractivity contribution >= 4 is 0 Å². The maximum Gasteiger partial charge on any atom is 0.157 e. The molecule has 2 heteroatoms. The van der Waals surface area contributed by atoms with Crippen molar-refractivity contribution in [2.45, 2.75) is 137 Å². The summed E-state index contributed by atoms with van der Waals surface area (Å²) in [5.74, 6) is 5.53. The van der Waals surface area contributed by atoms with Gasteiger partial charge in [-0.05, 0) is 117 Å². The molecule has 5 rings (SSSR count). The molecule has 34 heavy (non-hydrogen) atoms. The van der Waals surface area contributed by atoms with E-state index in [0.717, 1.165) is 55.0 Å². The van der Waals surface area contributed by atoms with Crippen LogP contribution in [0, 0.1) is 46.3 Å². The van der Waals surface area contributed by atoms with E-state index >= 15 is 0 Å². The number of hydrogen-bond donors (Lipinski definition) is 0. The van der Waals surface area contributed by atoms with Crippen LogP contribution >= 0.6 is 0 Å². The molecule has 0 radical (unpaired) electrons. The minimum atomic E-state index is 0.0633. The molecule has 0 bridgehead atoms. The van der Waals surface area contributed by atoms with Crippen molar-refractivity contribution < 1.29 is 9.47 Å². The molecule has 194 valence electrons. The van der Waals surface area contributed by atoms with Gasteiger partial charge in [0.1, 0.15) is 0 Å². The zero-order chi connectivity index (χ0) is 23.9. The molecule has 9 atom stereocenters. The maximum absolute atomic E-state index is 6.47. The monoisotopic (exact) mass is 470 g/mol. The standard InChI is InChI=1S/C32H54O2/c1-22(2)9-8-10-23(3)27-14-15-28-26-13-12-24-21-25(34-30-11-6-7-20-33-30)16-18-31(24,4)29(26)17-19-32(27,28)5/h12,22-23,25-30H,6-11,13-21H2,1-5H3/t23?,25-,26?,27+,28?,29?,30?,31-,32+/m0/s1. The van der Waals surface area contributed by atoms with Gasteiger partial charge in [0.05, 0.1) is 6.10 Å². The Morgan fingerprint density at radius 3 is 2.59 bits per heavy atom. The fourth-order valence-corrected chi connectivity index (χ4v) is 9.80. The molecule has 0 aromatic carbocycles. The first kappa shape index (κ1) is 25.3. The average Bonchev–Trinajstić information content (AvgIpc) is 3.17. The Hall–Kier alpha value is -0.340. The van der Waals surface area contributed by atoms with Gasteiger partial charge in [0.2, 0.25) is 0 Å². The summed E-state index contributed by atoms with van der Waals surface area (Å²) in [6.07, 6.45) is 22.0. The Balaban J connectivity index is 1.24. The molecule has 1 heterocycles. The molecule has 4 fully saturated rings. The second kappa shape index (κ2) is 10.2. The highest BCUT2D eigenvalue weighted by atomic mass is 16.7. The van der Waals surface area contributed by atoms with Crippen molar-refractivity contribution in [3.8, 4) is 0 Å². The molecule has 0 aromatic heterocycles. The molecule has 0 amide bonds. The average molecular weight is 471 g/mol. The molecular formula is C32H54O2. The Bertz CT molecular complexity index is 721. The first-order valence-electron chi connectivity index (χ1n) is 15.3. The minimum Gasteiger partial charge on any atom is -0.353 e. The third kappa shape index (κ3) is 4.69. The molecule has 1 aliphatic heterocycles. The number of allylic oxidation sites excluding steroid dienone is 1. The second-order valence-corrected chi connectivity index (χ2v) is 14.1. The smallest absolute Gasteiger partial charge is 0.157 e. The highest BCUT2D eigenvalue weighted by molar-refractivity contribution is 5.25. The van der Waals surface area contributed by atoms with Gasteiger partial charge in [-0.15, -0.1) is 0 Å². The summed E-state index contributed by atoms with van der Waals surface area (Å²) in [6, 6.07) is 0. The predicted octanol–water partition coefficient (Wildman–Crippen LogP) is 8.94. The molecule has 5 aliphatic rings. The first-order valence-corrected chi connectivity index (χ1v) is 15.3. The first-order chi connectivity index (χ1) is 16.3. The van der Waals surface area contributed by atoms with Gasteiger partial charge in [-0.1, -0.05) is 65.5 Å². The minimum absolute atomic E-state index is 0.0633. The highest BCUT2D eigenvalue weighted by Crippen LogP contribution is 2.67. The van der Waals surface area contributed by atoms with Gasteiger partial charge < -0.3 is 9.47 Å². The number of fused-ring (bicyclic) bond motifs is 5. The van der Waals surface area contributed by atoms with Crippen LogP contribution in [0.4, 0.5) is 0 Å². The zero-order valence-corrected chi connectivity index (χ0v) is 23.1. The van der Waals surface area contributed by atoms with E-state index in [1.54, 1.807) is 5.57 Å². The molecule has 2 nitrogen and oxygen atoms in total. The van der Waals surface area contributed by atoms with Crippen LogP contribution < -0.4 is 0 Å². The lowest BCUT2D eigenvalue weighted by atomic mass is 9.47. The molecule has 3 saturated carbocycles. The molecule has 0 aromatic rings. The van der Waals surface area contributed by atoms with Crippen LogP contribution in [-0.2, 0) is 9.47 Å². The Labute approximate surface area is 211 Å². The third-order valence-corrected chi connectivity index (χ3v) is 11.7. The van der Waals surface area contributed by atoms with Crippen molar-refractivity contribution in [1.29, 1.82) is 0 Å². The SMILES string of the molecule is CC(C)CCCC(C)[C@H]1CCC2C3CC=C4C[C@@H](OC5CCCCO5)CC[C@]4(C)C3CC[C@@]21C. The van der Waals surface area contributed by atoms with Crippen molar-refractivity contribution in [3.63, 3.8) is 0 Å². The van der Waals surface area contributed by atoms with Crippen molar-refractivity contribution in [2.24, 2.45) is 46.3 Å². The van der Waals surface area contributed by atoms with Crippen LogP contribution in [0.25, 0.3) is 0 Å². The van der Waals surface area contributed by atoms with E-state index in [4.69, 9.17) is 9.47 Å². The van der Waals surface area contributed by atoms with Crippen LogP contribution in [0.3, 0.4) is 0 Å². The van der Waals surface area contributed by atoms with Crippen LogP contribution in [0.2, 0.25) is 0 Å². The summed E-state index contributed by atoms with van der Waals surface area (Å²) >= 11 is 0. The van der Waals surface area contributed by atoms with Crippen molar-refractivity contribution in [3.05, 3.63) is 11.6 Å². The van der Waals surface area contributed by atoms with Crippen LogP contribution in [0.15, 0.2) is 11.6 Å². The Kier molecular flexibility index (Phi) is 7.59. The van der Waals surface area contributed by atoms with Crippen LogP contribution in [0.5, 0.6) is 0 Å². The fraction of sp³-hybridized carbons (Fsp3) is 0.938. The second-order valence-electron chi connectivity index (χ2n) is 14.1. The van der Waals surface area contributed by atoms with Gasteiger partial charge in [-0.3, -0.25) is 0 Å². The van der Waals surface area contributed by atoms with E-state index in [2.05, 4.69) is 40.7 Å². The zero-order valence-electron chi connectivity index (χ0n) is 23.1. The maximum atomic E-state index is 6.47. The van der Waals surface area contributed by atoms with Crippen LogP contribution in [-0.4, -0.2) is 19.0 Å². The van der Waals surface area contributed by atoms with E-state index in [9.17, 15) is 0 Å². The number of ether oxygens (including phenoxy) is 2. The largest absolute Gasteiger partial charge is 0.353 e. The van der Waals surface area contributed by atoms with Gasteiger partial charge in [-0.2, -0.15) is 0 Å². The lowest BCUT2D eigenvalue weighted by molar-refractivity contribution is -0.195. The molecule has 0 N–H and O–H groups in total. The van der Waals surface area contributed by atoms with Gasteiger partial charge in [0, 0.05) is 6.61 Å². The summed E-state index contributed by atoms with van der Waals surface area (Å²) in [4.78, 5) is 0. The van der Waals surface area contributed by atoms with E-state index < -0.39 is 0 Å². The number of hydrogen-bond acceptors (Lipinski definition) is 2. The number of rotatable bonds is 7. The van der Waals surface area contributed by atoms with Gasteiger partial charge >= 0.3 is 0 Å². The third-order valence-electron chi connectivity index (χ3n) is 11.7. The summed E-state index contributed by atoms with van der Waals surface area (Å²) in [7, 11) is 0. The summed E-state index contributed by atoms with van der Waals surface area (Å²) in [5.41, 5.74) is 2.78. The van der Waals surface area contributed by atoms with E-state index in [1.807, 2.05) is 0 Å². The summed E-state index contributed by atoms with van der Waals surface area (Å²) in [5, 5.41) is 0. The molecule has 4 aliphatic carbocycles. The van der Waals surface area contributed by atoms with E-state index in [1.165, 1.54) is 77.0 Å². The van der Waals surface area contributed by atoms with E-state index in [0.29, 0.717) is 16.9 Å². The molecule has 1 saturated heterocycles. The van der Waals surface area contributed by atoms with Crippen LogP contribution in [0.1, 0.15) is 125 Å². The van der Waals surface area contributed by atoms with Gasteiger partial charge in [0.25, 0.3) is 0 Å². The Morgan fingerprint density at radius 1 is 0.971 bits per heavy atom. The summed E-state index contributed by atoms with van der Waals surface area (Å²) in [6.45, 7) is 13.6. The van der Waals surface area contributed by atoms with Crippen molar-refractivity contribution in [1.82, 2.24) is 0 Å². The van der Waals surface area contributed by atoms with Gasteiger partial charge in [-0.25, -0.2) is 0 Å². The fourth-order valence-electron chi connectivity index (χ4n) is 9.80. The topological polar surface area (TPSA) is 18.5 Å². The summed E-state index contributed by atoms with van der Waals surface area (Å²) < 4.78 is 12.4. The van der Waals surface area contributed by atoms with E-state index in [-0.39, 0.29) is 6.29 Å². The lowest BCUT2D eigenvalue weighted by Crippen LogP contribution is -2.51. The Morgan fingerprint density at radius 2 is 1.82 bits per heavy atom. The molecular weight excluding hydrogens is 416 g/mol.